The van der Waals surface area contributed by atoms with Crippen molar-refractivity contribution in [2.75, 3.05) is 13.2 Å². The molecular formula is C76H134O6. The van der Waals surface area contributed by atoms with Gasteiger partial charge in [-0.05, 0) is 116 Å². The van der Waals surface area contributed by atoms with E-state index in [2.05, 4.69) is 106 Å². The molecule has 0 amide bonds. The van der Waals surface area contributed by atoms with Gasteiger partial charge in [-0.3, -0.25) is 14.4 Å². The van der Waals surface area contributed by atoms with Gasteiger partial charge < -0.3 is 14.2 Å². The molecule has 0 rings (SSSR count). The van der Waals surface area contributed by atoms with Crippen molar-refractivity contribution in [3.63, 3.8) is 0 Å². The molecule has 0 N–H and O–H groups in total. The number of unbranched alkanes of at least 4 members (excludes halogenated alkanes) is 40. The van der Waals surface area contributed by atoms with Crippen molar-refractivity contribution in [1.29, 1.82) is 0 Å². The summed E-state index contributed by atoms with van der Waals surface area (Å²) in [5.41, 5.74) is 0. The molecule has 0 saturated heterocycles. The summed E-state index contributed by atoms with van der Waals surface area (Å²) in [6, 6.07) is 0. The van der Waals surface area contributed by atoms with Crippen LogP contribution >= 0.6 is 0 Å². The van der Waals surface area contributed by atoms with Crippen LogP contribution in [0.4, 0.5) is 0 Å². The van der Waals surface area contributed by atoms with Crippen LogP contribution in [0, 0.1) is 0 Å². The Morgan fingerprint density at radius 3 is 0.768 bits per heavy atom. The molecule has 6 nitrogen and oxygen atoms in total. The van der Waals surface area contributed by atoms with E-state index >= 15 is 0 Å². The Kier molecular flexibility index (Phi) is 67.2. The van der Waals surface area contributed by atoms with Crippen LogP contribution in [0.5, 0.6) is 0 Å². The Labute approximate surface area is 509 Å². The average Bonchev–Trinajstić information content (AvgIpc) is 3.47. The first-order chi connectivity index (χ1) is 40.5. The largest absolute Gasteiger partial charge is 0.462 e. The van der Waals surface area contributed by atoms with Crippen LogP contribution < -0.4 is 0 Å². The summed E-state index contributed by atoms with van der Waals surface area (Å²) in [6.07, 6.45) is 93.5. The quantitative estimate of drug-likeness (QED) is 0.0261. The van der Waals surface area contributed by atoms with E-state index < -0.39 is 6.10 Å². The van der Waals surface area contributed by atoms with Gasteiger partial charge >= 0.3 is 17.9 Å². The maximum atomic E-state index is 12.9. The summed E-state index contributed by atoms with van der Waals surface area (Å²) in [5, 5.41) is 0. The molecule has 0 saturated carbocycles. The van der Waals surface area contributed by atoms with Gasteiger partial charge in [-0.2, -0.15) is 0 Å². The Bertz CT molecular complexity index is 1550. The van der Waals surface area contributed by atoms with E-state index in [1.165, 1.54) is 218 Å². The summed E-state index contributed by atoms with van der Waals surface area (Å²) < 4.78 is 16.9. The van der Waals surface area contributed by atoms with Gasteiger partial charge in [-0.1, -0.05) is 311 Å². The van der Waals surface area contributed by atoms with Crippen LogP contribution in [0.25, 0.3) is 0 Å². The van der Waals surface area contributed by atoms with Gasteiger partial charge in [0.05, 0.1) is 0 Å². The number of ether oxygens (including phenoxy) is 3. The van der Waals surface area contributed by atoms with Crippen molar-refractivity contribution in [3.05, 3.63) is 85.1 Å². The lowest BCUT2D eigenvalue weighted by Crippen LogP contribution is -2.30. The second-order valence-electron chi connectivity index (χ2n) is 23.8. The molecular weight excluding hydrogens is 1010 g/mol. The molecule has 1 unspecified atom stereocenters. The predicted molar refractivity (Wildman–Crippen MR) is 358 cm³/mol. The number of carbonyl (C=O) groups excluding carboxylic acids is 3. The van der Waals surface area contributed by atoms with Gasteiger partial charge in [-0.25, -0.2) is 0 Å². The normalized spacial score (nSPS) is 12.6. The second-order valence-corrected chi connectivity index (χ2v) is 23.8. The maximum absolute atomic E-state index is 12.9. The van der Waals surface area contributed by atoms with Crippen molar-refractivity contribution in [2.45, 2.75) is 367 Å². The van der Waals surface area contributed by atoms with Crippen LogP contribution in [0.2, 0.25) is 0 Å². The number of allylic oxidation sites excluding steroid dienone is 14. The molecule has 0 aromatic carbocycles. The van der Waals surface area contributed by atoms with Crippen molar-refractivity contribution in [2.24, 2.45) is 0 Å². The monoisotopic (exact) mass is 1140 g/mol. The van der Waals surface area contributed by atoms with E-state index in [-0.39, 0.29) is 31.1 Å². The predicted octanol–water partition coefficient (Wildman–Crippen LogP) is 24.6. The molecule has 0 aliphatic rings. The zero-order valence-electron chi connectivity index (χ0n) is 54.5. The van der Waals surface area contributed by atoms with Gasteiger partial charge in [-0.15, -0.1) is 0 Å². The summed E-state index contributed by atoms with van der Waals surface area (Å²) in [4.78, 5) is 38.4. The SMILES string of the molecule is CC/C=C\C/C=C\C/C=C\CCCCCC(=O)OCC(COC(=O)CCCCCCCCCCCCCCCCCCCCCCC/C=C\C/C=C\CCCCCCC)OC(=O)CCCCCCCCC/C=C\C/C=C\CCCCCC. The number of hydrogen-bond donors (Lipinski definition) is 0. The number of hydrogen-bond acceptors (Lipinski definition) is 6. The first-order valence-corrected chi connectivity index (χ1v) is 35.6. The molecule has 0 spiro atoms. The zero-order chi connectivity index (χ0) is 59.2. The smallest absolute Gasteiger partial charge is 0.306 e. The third-order valence-electron chi connectivity index (χ3n) is 15.6. The molecule has 0 aromatic rings. The van der Waals surface area contributed by atoms with Crippen molar-refractivity contribution in [3.8, 4) is 0 Å². The van der Waals surface area contributed by atoms with Gasteiger partial charge in [0.1, 0.15) is 13.2 Å². The van der Waals surface area contributed by atoms with Crippen molar-refractivity contribution < 1.29 is 28.6 Å². The first kappa shape index (κ1) is 78.6. The van der Waals surface area contributed by atoms with Crippen LogP contribution in [0.1, 0.15) is 361 Å². The molecule has 0 aromatic heterocycles. The molecule has 0 heterocycles. The minimum absolute atomic E-state index is 0.0862. The van der Waals surface area contributed by atoms with E-state index in [1.807, 2.05) is 0 Å². The highest BCUT2D eigenvalue weighted by Crippen LogP contribution is 2.18. The van der Waals surface area contributed by atoms with E-state index in [1.54, 1.807) is 0 Å². The lowest BCUT2D eigenvalue weighted by Gasteiger charge is -2.18. The summed E-state index contributed by atoms with van der Waals surface area (Å²) >= 11 is 0. The highest BCUT2D eigenvalue weighted by atomic mass is 16.6. The van der Waals surface area contributed by atoms with E-state index in [0.717, 1.165) is 103 Å². The highest BCUT2D eigenvalue weighted by Gasteiger charge is 2.19. The van der Waals surface area contributed by atoms with Crippen molar-refractivity contribution >= 4 is 17.9 Å². The minimum Gasteiger partial charge on any atom is -0.462 e. The van der Waals surface area contributed by atoms with E-state index in [4.69, 9.17) is 14.2 Å². The fourth-order valence-corrected chi connectivity index (χ4v) is 10.3. The van der Waals surface area contributed by atoms with Gasteiger partial charge in [0.15, 0.2) is 6.10 Å². The molecule has 0 aliphatic carbocycles. The van der Waals surface area contributed by atoms with Gasteiger partial charge in [0.2, 0.25) is 0 Å². The molecule has 6 heteroatoms. The summed E-state index contributed by atoms with van der Waals surface area (Å²) in [6.45, 7) is 6.51. The van der Waals surface area contributed by atoms with Crippen LogP contribution in [0.15, 0.2) is 85.1 Å². The van der Waals surface area contributed by atoms with Crippen molar-refractivity contribution in [1.82, 2.24) is 0 Å². The Balaban J connectivity index is 4.16. The molecule has 0 bridgehead atoms. The van der Waals surface area contributed by atoms with Crippen LogP contribution in [0.3, 0.4) is 0 Å². The molecule has 82 heavy (non-hydrogen) atoms. The molecule has 1 atom stereocenters. The average molecular weight is 1140 g/mol. The number of rotatable bonds is 65. The lowest BCUT2D eigenvalue weighted by molar-refractivity contribution is -0.167. The third-order valence-corrected chi connectivity index (χ3v) is 15.6. The fourth-order valence-electron chi connectivity index (χ4n) is 10.3. The standard InChI is InChI=1S/C76H134O6/c1-4-7-10-13-16-19-22-25-27-29-31-32-33-34-35-36-37-38-39-40-41-42-43-44-45-47-48-51-54-57-60-63-66-69-75(78)81-72-73(71-80-74(77)68-65-62-59-56-53-50-24-21-18-15-12-9-6-3)82-76(79)70-67-64-61-58-55-52-49-46-30-28-26-23-20-17-14-11-8-5-2/h9,12,18,20-23,25,28-31,50,53,73H,4-8,10-11,13-17,19,24,26-27,32-49,51-52,54-72H2,1-3H3/b12-9-,21-18-,23-20-,25-22-,30-28-,31-29-,53-50-. The topological polar surface area (TPSA) is 78.9 Å². The molecule has 0 fully saturated rings. The first-order valence-electron chi connectivity index (χ1n) is 35.6. The highest BCUT2D eigenvalue weighted by molar-refractivity contribution is 5.71. The van der Waals surface area contributed by atoms with E-state index in [0.29, 0.717) is 19.3 Å². The Morgan fingerprint density at radius 1 is 0.256 bits per heavy atom. The van der Waals surface area contributed by atoms with Crippen LogP contribution in [-0.2, 0) is 28.6 Å². The zero-order valence-corrected chi connectivity index (χ0v) is 54.5. The Morgan fingerprint density at radius 2 is 0.476 bits per heavy atom. The second kappa shape index (κ2) is 70.1. The molecule has 0 aliphatic heterocycles. The third kappa shape index (κ3) is 67.4. The lowest BCUT2D eigenvalue weighted by atomic mass is 10.0. The van der Waals surface area contributed by atoms with Gasteiger partial charge in [0.25, 0.3) is 0 Å². The number of esters is 3. The van der Waals surface area contributed by atoms with E-state index in [9.17, 15) is 14.4 Å². The Hall–Kier alpha value is -3.41. The maximum Gasteiger partial charge on any atom is 0.306 e. The van der Waals surface area contributed by atoms with Gasteiger partial charge in [0, 0.05) is 19.3 Å². The fraction of sp³-hybridized carbons (Fsp3) is 0.776. The van der Waals surface area contributed by atoms with Crippen LogP contribution in [-0.4, -0.2) is 37.2 Å². The number of carbonyl (C=O) groups is 3. The minimum atomic E-state index is -0.793. The summed E-state index contributed by atoms with van der Waals surface area (Å²) in [7, 11) is 0. The summed E-state index contributed by atoms with van der Waals surface area (Å²) in [5.74, 6) is -0.909. The molecule has 0 radical (unpaired) electrons. The molecule has 474 valence electrons.